The highest BCUT2D eigenvalue weighted by Crippen LogP contribution is 2.17. The molecule has 3 nitrogen and oxygen atoms in total. The van der Waals surface area contributed by atoms with Crippen molar-refractivity contribution in [2.45, 2.75) is 12.8 Å². The van der Waals surface area contributed by atoms with E-state index >= 15 is 0 Å². The first-order valence-electron chi connectivity index (χ1n) is 5.64. The Morgan fingerprint density at radius 2 is 1.94 bits per heavy atom. The molecule has 2 rings (SSSR count). The van der Waals surface area contributed by atoms with Gasteiger partial charge in [-0.1, -0.05) is 30.3 Å². The van der Waals surface area contributed by atoms with Crippen LogP contribution in [-0.4, -0.2) is 10.9 Å². The maximum atomic E-state index is 12.6. The highest BCUT2D eigenvalue weighted by atomic mass is 19.1. The maximum Gasteiger partial charge on any atom is 0.231 e. The summed E-state index contributed by atoms with van der Waals surface area (Å²) in [5.41, 5.74) is 1.43. The van der Waals surface area contributed by atoms with Crippen LogP contribution in [0.1, 0.15) is 18.4 Å². The summed E-state index contributed by atoms with van der Waals surface area (Å²) in [5, 5.41) is 2.70. The second kappa shape index (κ2) is 5.40. The third-order valence-corrected chi connectivity index (χ3v) is 2.69. The Labute approximate surface area is 105 Å². The summed E-state index contributed by atoms with van der Waals surface area (Å²) in [5.74, 6) is -0.977. The molecule has 1 N–H and O–H groups in total. The lowest BCUT2D eigenvalue weighted by Crippen LogP contribution is -2.18. The second-order valence-electron chi connectivity index (χ2n) is 3.99. The zero-order chi connectivity index (χ0) is 13.0. The quantitative estimate of drug-likeness (QED) is 0.843. The Bertz CT molecular complexity index is 525. The summed E-state index contributed by atoms with van der Waals surface area (Å²) < 4.78 is 12.6. The smallest absolute Gasteiger partial charge is 0.231 e. The first kappa shape index (κ1) is 12.2. The zero-order valence-corrected chi connectivity index (χ0v) is 9.93. The molecule has 1 atom stereocenters. The minimum Gasteiger partial charge on any atom is -0.324 e. The van der Waals surface area contributed by atoms with Crippen LogP contribution in [0.15, 0.2) is 48.7 Å². The fraction of sp³-hybridized carbons (Fsp3) is 0.143. The van der Waals surface area contributed by atoms with Crippen molar-refractivity contribution >= 4 is 11.6 Å². The van der Waals surface area contributed by atoms with Crippen molar-refractivity contribution in [2.75, 3.05) is 5.32 Å². The molecule has 1 aromatic carbocycles. The molecule has 0 aliphatic heterocycles. The van der Waals surface area contributed by atoms with Gasteiger partial charge in [0, 0.05) is 0 Å². The number of aromatic nitrogens is 1. The molecule has 1 unspecified atom stereocenters. The van der Waals surface area contributed by atoms with Gasteiger partial charge in [0.25, 0.3) is 0 Å². The van der Waals surface area contributed by atoms with Crippen LogP contribution in [0.4, 0.5) is 10.1 Å². The van der Waals surface area contributed by atoms with Gasteiger partial charge in [-0.3, -0.25) is 4.79 Å². The third kappa shape index (κ3) is 2.91. The van der Waals surface area contributed by atoms with E-state index in [0.717, 1.165) is 5.56 Å². The number of amides is 1. The molecule has 0 aliphatic rings. The van der Waals surface area contributed by atoms with Gasteiger partial charge in [0.1, 0.15) is 0 Å². The largest absolute Gasteiger partial charge is 0.324 e. The number of hydrogen-bond acceptors (Lipinski definition) is 2. The first-order valence-corrected chi connectivity index (χ1v) is 5.64. The number of hydrogen-bond donors (Lipinski definition) is 1. The Balaban J connectivity index is 2.06. The van der Waals surface area contributed by atoms with Gasteiger partial charge < -0.3 is 5.32 Å². The van der Waals surface area contributed by atoms with Crippen molar-refractivity contribution in [3.05, 3.63) is 60.2 Å². The molecule has 0 aliphatic carbocycles. The highest BCUT2D eigenvalue weighted by Gasteiger charge is 2.14. The summed E-state index contributed by atoms with van der Waals surface area (Å²) in [6.07, 6.45) is 1.30. The number of carbonyl (C=O) groups is 1. The van der Waals surface area contributed by atoms with Gasteiger partial charge in [-0.2, -0.15) is 4.39 Å². The number of pyridine rings is 1. The zero-order valence-electron chi connectivity index (χ0n) is 9.93. The fourth-order valence-electron chi connectivity index (χ4n) is 1.59. The molecule has 0 saturated carbocycles. The van der Waals surface area contributed by atoms with Gasteiger partial charge in [0.2, 0.25) is 11.9 Å². The molecule has 1 aromatic heterocycles. The van der Waals surface area contributed by atoms with Gasteiger partial charge in [-0.05, 0) is 24.6 Å². The Kier molecular flexibility index (Phi) is 3.67. The molecule has 0 radical (unpaired) electrons. The van der Waals surface area contributed by atoms with Crippen molar-refractivity contribution < 1.29 is 9.18 Å². The summed E-state index contributed by atoms with van der Waals surface area (Å²) in [6.45, 7) is 1.82. The first-order chi connectivity index (χ1) is 8.66. The number of carbonyl (C=O) groups excluding carboxylic acids is 1. The lowest BCUT2D eigenvalue weighted by atomic mass is 10.0. The number of nitrogens with zero attached hydrogens (tertiary/aromatic N) is 1. The van der Waals surface area contributed by atoms with Gasteiger partial charge in [-0.25, -0.2) is 4.98 Å². The number of rotatable bonds is 3. The van der Waals surface area contributed by atoms with E-state index in [-0.39, 0.29) is 11.8 Å². The monoisotopic (exact) mass is 244 g/mol. The Hall–Kier alpha value is -2.23. The number of nitrogens with one attached hydrogen (secondary N) is 1. The minimum absolute atomic E-state index is 0.144. The van der Waals surface area contributed by atoms with Gasteiger partial charge in [-0.15, -0.1) is 0 Å². The molecule has 0 saturated heterocycles. The van der Waals surface area contributed by atoms with Gasteiger partial charge in [0.15, 0.2) is 0 Å². The van der Waals surface area contributed by atoms with Crippen LogP contribution in [0.2, 0.25) is 0 Å². The predicted molar refractivity (Wildman–Crippen MR) is 67.7 cm³/mol. The van der Waals surface area contributed by atoms with E-state index in [0.29, 0.717) is 5.69 Å². The average Bonchev–Trinajstić information content (AvgIpc) is 2.41. The van der Waals surface area contributed by atoms with Crippen molar-refractivity contribution in [3.63, 3.8) is 0 Å². The summed E-state index contributed by atoms with van der Waals surface area (Å²) in [7, 11) is 0. The lowest BCUT2D eigenvalue weighted by molar-refractivity contribution is -0.117. The van der Waals surface area contributed by atoms with E-state index in [9.17, 15) is 9.18 Å². The Morgan fingerprint density at radius 3 is 2.56 bits per heavy atom. The van der Waals surface area contributed by atoms with Crippen LogP contribution in [0, 0.1) is 5.95 Å². The molecule has 18 heavy (non-hydrogen) atoms. The van der Waals surface area contributed by atoms with Crippen LogP contribution in [0.25, 0.3) is 0 Å². The van der Waals surface area contributed by atoms with E-state index in [2.05, 4.69) is 10.3 Å². The van der Waals surface area contributed by atoms with Crippen LogP contribution in [0.3, 0.4) is 0 Å². The molecule has 0 spiro atoms. The molecular formula is C14H13FN2O. The normalized spacial score (nSPS) is 11.9. The van der Waals surface area contributed by atoms with E-state index in [1.807, 2.05) is 37.3 Å². The van der Waals surface area contributed by atoms with Crippen LogP contribution in [0.5, 0.6) is 0 Å². The van der Waals surface area contributed by atoms with E-state index in [1.54, 1.807) is 0 Å². The summed E-state index contributed by atoms with van der Waals surface area (Å²) >= 11 is 0. The molecule has 0 bridgehead atoms. The molecule has 1 heterocycles. The number of anilines is 1. The summed E-state index contributed by atoms with van der Waals surface area (Å²) in [6, 6.07) is 12.2. The van der Waals surface area contributed by atoms with Crippen molar-refractivity contribution in [2.24, 2.45) is 0 Å². The molecule has 2 aromatic rings. The minimum atomic E-state index is -0.566. The maximum absolute atomic E-state index is 12.6. The van der Waals surface area contributed by atoms with Crippen molar-refractivity contribution in [1.29, 1.82) is 0 Å². The van der Waals surface area contributed by atoms with Gasteiger partial charge >= 0.3 is 0 Å². The molecule has 4 heteroatoms. The molecule has 0 fully saturated rings. The van der Waals surface area contributed by atoms with E-state index in [1.165, 1.54) is 18.3 Å². The van der Waals surface area contributed by atoms with E-state index < -0.39 is 5.95 Å². The standard InChI is InChI=1S/C14H13FN2O/c1-10(11-5-3-2-4-6-11)14(18)17-12-7-8-13(15)16-9-12/h2-10H,1H3,(H,17,18). The highest BCUT2D eigenvalue weighted by molar-refractivity contribution is 5.95. The molecular weight excluding hydrogens is 231 g/mol. The van der Waals surface area contributed by atoms with E-state index in [4.69, 9.17) is 0 Å². The van der Waals surface area contributed by atoms with Crippen molar-refractivity contribution in [3.8, 4) is 0 Å². The summed E-state index contributed by atoms with van der Waals surface area (Å²) in [4.78, 5) is 15.4. The van der Waals surface area contributed by atoms with Gasteiger partial charge in [0.05, 0.1) is 17.8 Å². The van der Waals surface area contributed by atoms with Crippen LogP contribution >= 0.6 is 0 Å². The molecule has 92 valence electrons. The van der Waals surface area contributed by atoms with Crippen LogP contribution < -0.4 is 5.32 Å². The molecule has 1 amide bonds. The lowest BCUT2D eigenvalue weighted by Gasteiger charge is -2.12. The fourth-order valence-corrected chi connectivity index (χ4v) is 1.59. The van der Waals surface area contributed by atoms with Crippen LogP contribution in [-0.2, 0) is 4.79 Å². The average molecular weight is 244 g/mol. The topological polar surface area (TPSA) is 42.0 Å². The van der Waals surface area contributed by atoms with Crippen molar-refractivity contribution in [1.82, 2.24) is 4.98 Å². The predicted octanol–water partition coefficient (Wildman–Crippen LogP) is 2.96. The number of halogens is 1. The SMILES string of the molecule is CC(C(=O)Nc1ccc(F)nc1)c1ccccc1. The second-order valence-corrected chi connectivity index (χ2v) is 3.99. The Morgan fingerprint density at radius 1 is 1.22 bits per heavy atom. The third-order valence-electron chi connectivity index (χ3n) is 2.69. The number of benzene rings is 1.